The summed E-state index contributed by atoms with van der Waals surface area (Å²) in [4.78, 5) is 28.8. The molecule has 0 saturated heterocycles. The molecule has 0 aliphatic heterocycles. The van der Waals surface area contributed by atoms with Crippen LogP contribution in [0, 0.1) is 0 Å². The van der Waals surface area contributed by atoms with Gasteiger partial charge in [0.15, 0.2) is 5.82 Å². The van der Waals surface area contributed by atoms with E-state index in [4.69, 9.17) is 14.0 Å². The van der Waals surface area contributed by atoms with Gasteiger partial charge in [-0.2, -0.15) is 4.98 Å². The summed E-state index contributed by atoms with van der Waals surface area (Å²) in [5, 5.41) is 9.67. The molecule has 1 heterocycles. The van der Waals surface area contributed by atoms with E-state index < -0.39 is 5.60 Å². The smallest absolute Gasteiger partial charge is 0.252 e. The first-order valence-electron chi connectivity index (χ1n) is 10.4. The van der Waals surface area contributed by atoms with Crippen molar-refractivity contribution in [3.05, 3.63) is 11.7 Å². The van der Waals surface area contributed by atoms with Gasteiger partial charge in [-0.1, -0.05) is 12.1 Å². The number of hydrogen-bond acceptors (Lipinski definition) is 7. The predicted molar refractivity (Wildman–Crippen MR) is 106 cm³/mol. The molecule has 2 amide bonds. The van der Waals surface area contributed by atoms with Crippen LogP contribution in [0.5, 0.6) is 0 Å². The number of amides is 2. The first kappa shape index (κ1) is 23.3. The molecule has 1 fully saturated rings. The Labute approximate surface area is 172 Å². The average molecular weight is 411 g/mol. The molecule has 2 atom stereocenters. The highest BCUT2D eigenvalue weighted by Crippen LogP contribution is 2.37. The van der Waals surface area contributed by atoms with Gasteiger partial charge in [0.05, 0.1) is 6.10 Å². The molecule has 0 radical (unpaired) electrons. The maximum atomic E-state index is 12.6. The summed E-state index contributed by atoms with van der Waals surface area (Å²) in [7, 11) is 0. The molecular weight excluding hydrogens is 376 g/mol. The molecule has 2 N–H and O–H groups in total. The molecule has 1 saturated carbocycles. The molecule has 9 heteroatoms. The van der Waals surface area contributed by atoms with E-state index in [-0.39, 0.29) is 43.2 Å². The van der Waals surface area contributed by atoms with E-state index in [2.05, 4.69) is 20.8 Å². The van der Waals surface area contributed by atoms with Crippen molar-refractivity contribution >= 4 is 11.8 Å². The molecule has 1 aromatic rings. The second kappa shape index (κ2) is 10.7. The Morgan fingerprint density at radius 1 is 1.17 bits per heavy atom. The third kappa shape index (κ3) is 7.08. The summed E-state index contributed by atoms with van der Waals surface area (Å²) in [5.74, 6) is 0.676. The number of aryl methyl sites for hydroxylation is 1. The molecule has 0 spiro atoms. The van der Waals surface area contributed by atoms with Crippen LogP contribution >= 0.6 is 0 Å². The van der Waals surface area contributed by atoms with Crippen molar-refractivity contribution in [2.45, 2.75) is 97.1 Å². The van der Waals surface area contributed by atoms with Crippen molar-refractivity contribution in [1.82, 2.24) is 20.8 Å². The number of carbonyl (C=O) groups excluding carboxylic acids is 2. The maximum Gasteiger partial charge on any atom is 0.252 e. The molecule has 0 aromatic carbocycles. The minimum Gasteiger partial charge on any atom is -0.363 e. The fraction of sp³-hybridized carbons (Fsp3) is 0.800. The van der Waals surface area contributed by atoms with Crippen LogP contribution in [0.15, 0.2) is 4.52 Å². The second-order valence-corrected chi connectivity index (χ2v) is 8.04. The van der Waals surface area contributed by atoms with Gasteiger partial charge >= 0.3 is 0 Å². The van der Waals surface area contributed by atoms with E-state index in [1.807, 2.05) is 34.6 Å². The highest BCUT2D eigenvalue weighted by Gasteiger charge is 2.46. The van der Waals surface area contributed by atoms with Crippen molar-refractivity contribution in [3.8, 4) is 0 Å². The van der Waals surface area contributed by atoms with Gasteiger partial charge in [-0.05, 0) is 53.4 Å². The normalized spacial score (nSPS) is 17.4. The van der Waals surface area contributed by atoms with E-state index in [1.54, 1.807) is 0 Å². The lowest BCUT2D eigenvalue weighted by Crippen LogP contribution is -2.57. The van der Waals surface area contributed by atoms with Crippen LogP contribution in [0.2, 0.25) is 0 Å². The standard InChI is InChI=1S/C20H34N4O5/c1-6-16-23-18(29-24-16)12-27-11-17(25)21-14(4)10-15(5)22-19(26)20(8-7-9-20)28-13(2)3/h13-15H,6-12H2,1-5H3,(H,21,25)(H,22,26). The minimum atomic E-state index is -0.685. The quantitative estimate of drug-likeness (QED) is 0.541. The zero-order valence-electron chi connectivity index (χ0n) is 18.1. The van der Waals surface area contributed by atoms with Crippen LogP contribution in [0.3, 0.4) is 0 Å². The highest BCUT2D eigenvalue weighted by atomic mass is 16.5. The van der Waals surface area contributed by atoms with Crippen LogP contribution in [-0.4, -0.2) is 52.4 Å². The van der Waals surface area contributed by atoms with Crippen LogP contribution in [0.1, 0.15) is 72.0 Å². The summed E-state index contributed by atoms with van der Waals surface area (Å²) >= 11 is 0. The largest absolute Gasteiger partial charge is 0.363 e. The summed E-state index contributed by atoms with van der Waals surface area (Å²) in [6.45, 7) is 9.64. The van der Waals surface area contributed by atoms with Crippen molar-refractivity contribution in [3.63, 3.8) is 0 Å². The number of hydrogen-bond donors (Lipinski definition) is 2. The lowest BCUT2D eigenvalue weighted by Gasteiger charge is -2.42. The van der Waals surface area contributed by atoms with Gasteiger partial charge in [-0.3, -0.25) is 9.59 Å². The van der Waals surface area contributed by atoms with Gasteiger partial charge in [-0.15, -0.1) is 0 Å². The Morgan fingerprint density at radius 3 is 2.41 bits per heavy atom. The fourth-order valence-corrected chi connectivity index (χ4v) is 3.39. The van der Waals surface area contributed by atoms with Gasteiger partial charge < -0.3 is 24.6 Å². The molecule has 29 heavy (non-hydrogen) atoms. The van der Waals surface area contributed by atoms with Crippen LogP contribution in [0.25, 0.3) is 0 Å². The molecule has 2 rings (SSSR count). The first-order chi connectivity index (χ1) is 13.7. The topological polar surface area (TPSA) is 116 Å². The van der Waals surface area contributed by atoms with Crippen molar-refractivity contribution in [1.29, 1.82) is 0 Å². The van der Waals surface area contributed by atoms with E-state index in [0.717, 1.165) is 19.3 Å². The maximum absolute atomic E-state index is 12.6. The highest BCUT2D eigenvalue weighted by molar-refractivity contribution is 5.86. The SMILES string of the molecule is CCc1noc(COCC(=O)NC(C)CC(C)NC(=O)C2(OC(C)C)CCC2)n1. The van der Waals surface area contributed by atoms with Gasteiger partial charge in [0.25, 0.3) is 11.8 Å². The number of ether oxygens (including phenoxy) is 2. The van der Waals surface area contributed by atoms with E-state index in [1.165, 1.54) is 0 Å². The Hall–Kier alpha value is -2.00. The lowest BCUT2D eigenvalue weighted by atomic mass is 9.78. The summed E-state index contributed by atoms with van der Waals surface area (Å²) in [6.07, 6.45) is 3.82. The Bertz CT molecular complexity index is 672. The third-order valence-corrected chi connectivity index (χ3v) is 4.81. The minimum absolute atomic E-state index is 0.00953. The predicted octanol–water partition coefficient (Wildman–Crippen LogP) is 1.90. The van der Waals surface area contributed by atoms with Gasteiger partial charge in [0.1, 0.15) is 18.8 Å². The third-order valence-electron chi connectivity index (χ3n) is 4.81. The summed E-state index contributed by atoms with van der Waals surface area (Å²) < 4.78 is 16.2. The first-order valence-corrected chi connectivity index (χ1v) is 10.4. The van der Waals surface area contributed by atoms with Crippen molar-refractivity contribution in [2.24, 2.45) is 0 Å². The second-order valence-electron chi connectivity index (χ2n) is 8.04. The van der Waals surface area contributed by atoms with Gasteiger partial charge in [0.2, 0.25) is 5.91 Å². The molecule has 9 nitrogen and oxygen atoms in total. The average Bonchev–Trinajstić information content (AvgIpc) is 3.05. The number of carbonyl (C=O) groups is 2. The Kier molecular flexibility index (Phi) is 8.58. The zero-order chi connectivity index (χ0) is 21.4. The van der Waals surface area contributed by atoms with Gasteiger partial charge in [0, 0.05) is 18.5 Å². The number of nitrogens with one attached hydrogen (secondary N) is 2. The Balaban J connectivity index is 1.67. The summed E-state index contributed by atoms with van der Waals surface area (Å²) in [6, 6.07) is -0.197. The molecule has 0 bridgehead atoms. The van der Waals surface area contributed by atoms with Crippen LogP contribution in [0.4, 0.5) is 0 Å². The number of rotatable bonds is 12. The van der Waals surface area contributed by atoms with Crippen molar-refractivity contribution < 1.29 is 23.6 Å². The fourth-order valence-electron chi connectivity index (χ4n) is 3.39. The summed E-state index contributed by atoms with van der Waals surface area (Å²) in [5.41, 5.74) is -0.685. The number of aromatic nitrogens is 2. The molecule has 2 unspecified atom stereocenters. The monoisotopic (exact) mass is 410 g/mol. The van der Waals surface area contributed by atoms with E-state index in [9.17, 15) is 9.59 Å². The van der Waals surface area contributed by atoms with Gasteiger partial charge in [-0.25, -0.2) is 0 Å². The Morgan fingerprint density at radius 2 is 1.86 bits per heavy atom. The molecule has 1 aliphatic rings. The zero-order valence-corrected chi connectivity index (χ0v) is 18.1. The molecule has 1 aromatic heterocycles. The van der Waals surface area contributed by atoms with Crippen molar-refractivity contribution in [2.75, 3.05) is 6.61 Å². The van der Waals surface area contributed by atoms with E-state index in [0.29, 0.717) is 24.6 Å². The molecule has 1 aliphatic carbocycles. The lowest BCUT2D eigenvalue weighted by molar-refractivity contribution is -0.169. The van der Waals surface area contributed by atoms with Crippen LogP contribution < -0.4 is 10.6 Å². The van der Waals surface area contributed by atoms with E-state index >= 15 is 0 Å². The van der Waals surface area contributed by atoms with Crippen LogP contribution in [-0.2, 0) is 32.1 Å². The number of nitrogens with zero attached hydrogens (tertiary/aromatic N) is 2. The molecular formula is C20H34N4O5. The molecule has 164 valence electrons.